The van der Waals surface area contributed by atoms with Gasteiger partial charge in [0.05, 0.1) is 22.3 Å². The lowest BCUT2D eigenvalue weighted by molar-refractivity contribution is -0.149. The Bertz CT molecular complexity index is 2470. The first kappa shape index (κ1) is 41.5. The molecule has 4 aromatic carbocycles. The molecule has 8 rings (SSSR count). The fraction of sp³-hybridized carbons (Fsp3) is 0.370. The number of carbonyl (C=O) groups is 1. The molecule has 60 heavy (non-hydrogen) atoms. The molecule has 1 N–H and O–H groups in total. The summed E-state index contributed by atoms with van der Waals surface area (Å²) in [5.74, 6) is 2.78. The third-order valence-electron chi connectivity index (χ3n) is 10.6. The van der Waals surface area contributed by atoms with E-state index in [1.165, 1.54) is 11.1 Å². The average molecular weight is 852 g/mol. The van der Waals surface area contributed by atoms with Gasteiger partial charge in [-0.15, -0.1) is 0 Å². The second-order valence-corrected chi connectivity index (χ2v) is 16.6. The van der Waals surface area contributed by atoms with E-state index in [-0.39, 0.29) is 18.2 Å². The minimum Gasteiger partial charge on any atom is -0.489 e. The smallest absolute Gasteiger partial charge is 0.306 e. The molecule has 14 heteroatoms. The number of benzene rings is 4. The molecule has 0 amide bonds. The van der Waals surface area contributed by atoms with E-state index in [9.17, 15) is 4.79 Å². The van der Waals surface area contributed by atoms with E-state index in [0.29, 0.717) is 69.9 Å². The zero-order valence-electron chi connectivity index (χ0n) is 34.2. The molecule has 1 unspecified atom stereocenters. The largest absolute Gasteiger partial charge is 0.489 e. The third-order valence-corrected chi connectivity index (χ3v) is 11.2. The van der Waals surface area contributed by atoms with Gasteiger partial charge in [0.25, 0.3) is 11.8 Å². The highest BCUT2D eigenvalue weighted by Crippen LogP contribution is 2.34. The van der Waals surface area contributed by atoms with Crippen LogP contribution in [0.25, 0.3) is 45.7 Å². The van der Waals surface area contributed by atoms with Crippen LogP contribution < -0.4 is 14.8 Å². The van der Waals surface area contributed by atoms with E-state index < -0.39 is 6.10 Å². The molecule has 0 radical (unpaired) electrons. The molecule has 4 heterocycles. The van der Waals surface area contributed by atoms with Crippen molar-refractivity contribution in [2.45, 2.75) is 78.1 Å². The van der Waals surface area contributed by atoms with Gasteiger partial charge >= 0.3 is 5.97 Å². The summed E-state index contributed by atoms with van der Waals surface area (Å²) >= 11 is 12.9. The molecule has 0 fully saturated rings. The van der Waals surface area contributed by atoms with E-state index in [1.54, 1.807) is 18.2 Å². The summed E-state index contributed by atoms with van der Waals surface area (Å²) in [5, 5.41) is 12.9. The zero-order chi connectivity index (χ0) is 41.8. The molecule has 0 aliphatic carbocycles. The fourth-order valence-electron chi connectivity index (χ4n) is 7.63. The van der Waals surface area contributed by atoms with Gasteiger partial charge in [-0.3, -0.25) is 4.79 Å². The highest BCUT2D eigenvalue weighted by atomic mass is 35.5. The first-order chi connectivity index (χ1) is 29.1. The third kappa shape index (κ3) is 9.84. The second kappa shape index (κ2) is 18.6. The molecule has 12 nitrogen and oxygen atoms in total. The molecule has 312 valence electrons. The highest BCUT2D eigenvalue weighted by Gasteiger charge is 2.24. The van der Waals surface area contributed by atoms with Crippen LogP contribution in [0.3, 0.4) is 0 Å². The average Bonchev–Trinajstić information content (AvgIpc) is 3.83. The maximum Gasteiger partial charge on any atom is 0.306 e. The van der Waals surface area contributed by atoms with Gasteiger partial charge in [-0.2, -0.15) is 9.97 Å². The molecule has 0 spiro atoms. The van der Waals surface area contributed by atoms with E-state index >= 15 is 0 Å². The van der Waals surface area contributed by atoms with Crippen LogP contribution in [0.2, 0.25) is 10.0 Å². The van der Waals surface area contributed by atoms with Crippen LogP contribution in [-0.2, 0) is 28.8 Å². The Morgan fingerprint density at radius 1 is 0.733 bits per heavy atom. The number of halogens is 2. The maximum atomic E-state index is 13.2. The number of nitrogens with zero attached hydrogens (tertiary/aromatic N) is 5. The molecule has 0 saturated heterocycles. The molecular weight excluding hydrogens is 803 g/mol. The van der Waals surface area contributed by atoms with Crippen molar-refractivity contribution in [3.8, 4) is 57.2 Å². The monoisotopic (exact) mass is 850 g/mol. The van der Waals surface area contributed by atoms with Crippen LogP contribution in [0.5, 0.6) is 11.5 Å². The Hall–Kier alpha value is -5.27. The van der Waals surface area contributed by atoms with Crippen molar-refractivity contribution in [3.05, 3.63) is 105 Å². The zero-order valence-corrected chi connectivity index (χ0v) is 35.7. The number of nitrogens with one attached hydrogen (secondary N) is 1. The minimum atomic E-state index is -0.390. The van der Waals surface area contributed by atoms with Gasteiger partial charge in [-0.25, -0.2) is 0 Å². The maximum absolute atomic E-state index is 13.2. The van der Waals surface area contributed by atoms with Gasteiger partial charge in [-0.1, -0.05) is 57.8 Å². The SMILES string of the molecule is CC(C)Oc1ccc(-c2nc(-c3ccc4c(c3)CCN(CCCC(=O)OC3CNCCc5cc(-c6noc(-c7ccc(OC(C)C)c(Cl)c7)n6)ccc53)CC4)no2)cc1Cl. The molecule has 6 aromatic rings. The summed E-state index contributed by atoms with van der Waals surface area (Å²) in [6.07, 6.45) is 3.28. The molecule has 2 aliphatic rings. The quantitative estimate of drug-likeness (QED) is 0.111. The summed E-state index contributed by atoms with van der Waals surface area (Å²) in [5.41, 5.74) is 7.82. The van der Waals surface area contributed by atoms with E-state index in [4.69, 9.17) is 46.5 Å². The van der Waals surface area contributed by atoms with Crippen molar-refractivity contribution in [2.24, 2.45) is 0 Å². The number of rotatable bonds is 13. The molecule has 2 aromatic heterocycles. The summed E-state index contributed by atoms with van der Waals surface area (Å²) < 4.78 is 28.8. The van der Waals surface area contributed by atoms with E-state index in [2.05, 4.69) is 54.8 Å². The summed E-state index contributed by atoms with van der Waals surface area (Å²) in [4.78, 5) is 25.0. The second-order valence-electron chi connectivity index (χ2n) is 15.7. The van der Waals surface area contributed by atoms with Crippen molar-refractivity contribution in [3.63, 3.8) is 0 Å². The molecular formula is C46H48Cl2N6O6. The van der Waals surface area contributed by atoms with Gasteiger partial charge in [0.15, 0.2) is 0 Å². The number of hydrogen-bond donors (Lipinski definition) is 1. The Labute approximate surface area is 359 Å². The number of esters is 1. The first-order valence-corrected chi connectivity index (χ1v) is 21.3. The van der Waals surface area contributed by atoms with Crippen LogP contribution in [0.4, 0.5) is 0 Å². The molecule has 0 saturated carbocycles. The number of ether oxygens (including phenoxy) is 3. The van der Waals surface area contributed by atoms with E-state index in [1.807, 2.05) is 58.0 Å². The summed E-state index contributed by atoms with van der Waals surface area (Å²) in [7, 11) is 0. The van der Waals surface area contributed by atoms with Crippen molar-refractivity contribution >= 4 is 29.2 Å². The van der Waals surface area contributed by atoms with Crippen molar-refractivity contribution in [2.75, 3.05) is 32.7 Å². The van der Waals surface area contributed by atoms with Gasteiger partial charge in [0, 0.05) is 48.3 Å². The predicted octanol–water partition coefficient (Wildman–Crippen LogP) is 9.61. The van der Waals surface area contributed by atoms with Crippen LogP contribution in [-0.4, -0.2) is 76.1 Å². The summed E-state index contributed by atoms with van der Waals surface area (Å²) in [6.45, 7) is 11.7. The molecule has 1 atom stereocenters. The Morgan fingerprint density at radius 2 is 1.30 bits per heavy atom. The van der Waals surface area contributed by atoms with Crippen LogP contribution >= 0.6 is 23.2 Å². The van der Waals surface area contributed by atoms with Gasteiger partial charge in [0.2, 0.25) is 11.6 Å². The number of carbonyl (C=O) groups excluding carboxylic acids is 1. The van der Waals surface area contributed by atoms with Gasteiger partial charge in [0.1, 0.15) is 17.6 Å². The van der Waals surface area contributed by atoms with Crippen LogP contribution in [0, 0.1) is 0 Å². The standard InChI is InChI=1S/C46H48Cl2N6O6/c1-27(2)56-39-13-10-34(24-37(39)47)45-50-43(52-59-45)32-8-7-29-16-20-54(21-17-30(29)22-32)19-5-6-42(55)58-41-26-49-18-15-31-23-33(9-12-36(31)41)44-51-46(60-53-44)35-11-14-40(38(48)25-35)57-28(3)4/h7-14,22-25,27-28,41,49H,5-6,15-21,26H2,1-4H3. The predicted molar refractivity (Wildman–Crippen MR) is 230 cm³/mol. The fourth-order valence-corrected chi connectivity index (χ4v) is 8.08. The lowest BCUT2D eigenvalue weighted by Gasteiger charge is -2.21. The van der Waals surface area contributed by atoms with Gasteiger partial charge in [-0.05, 0) is 137 Å². The van der Waals surface area contributed by atoms with Crippen LogP contribution in [0.1, 0.15) is 68.9 Å². The van der Waals surface area contributed by atoms with Gasteiger partial charge < -0.3 is 33.5 Å². The molecule has 0 bridgehead atoms. The Morgan fingerprint density at radius 3 is 1.90 bits per heavy atom. The highest BCUT2D eigenvalue weighted by molar-refractivity contribution is 6.32. The van der Waals surface area contributed by atoms with Crippen molar-refractivity contribution in [1.82, 2.24) is 30.5 Å². The number of fused-ring (bicyclic) bond motifs is 2. The van der Waals surface area contributed by atoms with E-state index in [0.717, 1.165) is 73.3 Å². The minimum absolute atomic E-state index is 0.00500. The summed E-state index contributed by atoms with van der Waals surface area (Å²) in [6, 6.07) is 23.3. The van der Waals surface area contributed by atoms with Crippen molar-refractivity contribution < 1.29 is 28.1 Å². The topological polar surface area (TPSA) is 138 Å². The van der Waals surface area contributed by atoms with Crippen molar-refractivity contribution in [1.29, 1.82) is 0 Å². The van der Waals surface area contributed by atoms with Crippen LogP contribution in [0.15, 0.2) is 81.8 Å². The number of hydrogen-bond acceptors (Lipinski definition) is 12. The first-order valence-electron chi connectivity index (χ1n) is 20.5. The molecule has 2 aliphatic heterocycles. The normalized spacial score (nSPS) is 15.6. The lowest BCUT2D eigenvalue weighted by Crippen LogP contribution is -2.28. The Balaban J connectivity index is 0.835. The Kier molecular flexibility index (Phi) is 12.8. The lowest BCUT2D eigenvalue weighted by atomic mass is 9.98. The number of aromatic nitrogens is 4.